The lowest BCUT2D eigenvalue weighted by atomic mass is 10.2. The Kier molecular flexibility index (Phi) is 5.31. The van der Waals surface area contributed by atoms with E-state index in [0.717, 1.165) is 15.6 Å². The molecule has 2 aromatic carbocycles. The number of fused-ring (bicyclic) bond motifs is 1. The number of aromatic nitrogens is 1. The van der Waals surface area contributed by atoms with Crippen LogP contribution in [0.5, 0.6) is 11.5 Å². The number of benzene rings is 2. The van der Waals surface area contributed by atoms with Gasteiger partial charge in [0.05, 0.1) is 10.9 Å². The summed E-state index contributed by atoms with van der Waals surface area (Å²) in [6.07, 6.45) is 0. The predicted molar refractivity (Wildman–Crippen MR) is 109 cm³/mol. The van der Waals surface area contributed by atoms with E-state index in [1.165, 1.54) is 11.8 Å². The molecule has 2 heterocycles. The molecule has 1 amide bonds. The minimum atomic E-state index is -0.270. The third-order valence-electron chi connectivity index (χ3n) is 4.01. The van der Waals surface area contributed by atoms with E-state index < -0.39 is 0 Å². The number of thiazole rings is 1. The van der Waals surface area contributed by atoms with Crippen molar-refractivity contribution >= 4 is 34.7 Å². The first kappa shape index (κ1) is 17.9. The Balaban J connectivity index is 1.39. The van der Waals surface area contributed by atoms with Crippen molar-refractivity contribution in [2.24, 2.45) is 0 Å². The van der Waals surface area contributed by atoms with Crippen molar-refractivity contribution in [3.05, 3.63) is 53.9 Å². The van der Waals surface area contributed by atoms with Crippen LogP contribution >= 0.6 is 23.1 Å². The van der Waals surface area contributed by atoms with Crippen molar-refractivity contribution in [3.8, 4) is 22.8 Å². The maximum Gasteiger partial charge on any atom is 0.237 e. The minimum absolute atomic E-state index is 0.0758. The van der Waals surface area contributed by atoms with Crippen LogP contribution in [0.15, 0.2) is 58.3 Å². The summed E-state index contributed by atoms with van der Waals surface area (Å²) in [4.78, 5) is 17.2. The fraction of sp³-hybridized carbons (Fsp3) is 0.200. The Morgan fingerprint density at radius 2 is 1.93 bits per heavy atom. The summed E-state index contributed by atoms with van der Waals surface area (Å²) >= 11 is 3.00. The summed E-state index contributed by atoms with van der Waals surface area (Å²) in [7, 11) is 0. The molecule has 1 aliphatic heterocycles. The number of rotatable bonds is 5. The van der Waals surface area contributed by atoms with Gasteiger partial charge < -0.3 is 14.8 Å². The molecule has 27 heavy (non-hydrogen) atoms. The van der Waals surface area contributed by atoms with Crippen molar-refractivity contribution in [2.45, 2.75) is 16.5 Å². The molecule has 0 saturated heterocycles. The Morgan fingerprint density at radius 1 is 1.15 bits per heavy atom. The first-order valence-corrected chi connectivity index (χ1v) is 10.3. The summed E-state index contributed by atoms with van der Waals surface area (Å²) in [5.74, 6) is 1.29. The van der Waals surface area contributed by atoms with Gasteiger partial charge in [0.25, 0.3) is 0 Å². The van der Waals surface area contributed by atoms with Gasteiger partial charge in [-0.15, -0.1) is 11.3 Å². The molecule has 1 aromatic heterocycles. The third-order valence-corrected chi connectivity index (χ3v) is 6.08. The molecule has 7 heteroatoms. The molecule has 1 unspecified atom stereocenters. The van der Waals surface area contributed by atoms with E-state index in [1.54, 1.807) is 17.4 Å². The third kappa shape index (κ3) is 4.26. The monoisotopic (exact) mass is 398 g/mol. The molecule has 0 fully saturated rings. The highest BCUT2D eigenvalue weighted by molar-refractivity contribution is 8.02. The lowest BCUT2D eigenvalue weighted by Gasteiger charge is -2.19. The number of thioether (sulfide) groups is 1. The molecule has 4 rings (SSSR count). The van der Waals surface area contributed by atoms with E-state index in [-0.39, 0.29) is 11.2 Å². The van der Waals surface area contributed by atoms with Crippen LogP contribution in [-0.4, -0.2) is 29.4 Å². The normalized spacial score (nSPS) is 13.8. The molecule has 138 valence electrons. The van der Waals surface area contributed by atoms with Crippen molar-refractivity contribution < 1.29 is 14.3 Å². The van der Waals surface area contributed by atoms with E-state index in [4.69, 9.17) is 9.47 Å². The molecule has 5 nitrogen and oxygen atoms in total. The largest absolute Gasteiger partial charge is 0.486 e. The smallest absolute Gasteiger partial charge is 0.237 e. The molecule has 0 bridgehead atoms. The molecule has 1 N–H and O–H groups in total. The number of carbonyl (C=O) groups excluding carboxylic acids is 1. The van der Waals surface area contributed by atoms with E-state index in [0.29, 0.717) is 30.4 Å². The number of nitrogens with zero attached hydrogens (tertiary/aromatic N) is 1. The zero-order valence-electron chi connectivity index (χ0n) is 14.7. The molecule has 0 saturated carbocycles. The van der Waals surface area contributed by atoms with Gasteiger partial charge in [-0.2, -0.15) is 0 Å². The van der Waals surface area contributed by atoms with Gasteiger partial charge in [0.2, 0.25) is 5.91 Å². The maximum absolute atomic E-state index is 12.5. The number of nitrogens with one attached hydrogen (secondary N) is 1. The number of anilines is 1. The highest BCUT2D eigenvalue weighted by Gasteiger charge is 2.18. The minimum Gasteiger partial charge on any atom is -0.486 e. The summed E-state index contributed by atoms with van der Waals surface area (Å²) in [5.41, 5.74) is 2.71. The van der Waals surface area contributed by atoms with E-state index >= 15 is 0 Å². The Labute approximate surface area is 165 Å². The maximum atomic E-state index is 12.5. The summed E-state index contributed by atoms with van der Waals surface area (Å²) in [6, 6.07) is 15.4. The highest BCUT2D eigenvalue weighted by atomic mass is 32.2. The van der Waals surface area contributed by atoms with Gasteiger partial charge in [0, 0.05) is 22.7 Å². The van der Waals surface area contributed by atoms with Crippen LogP contribution in [0.4, 0.5) is 5.69 Å². The molecule has 3 aromatic rings. The fourth-order valence-corrected chi connectivity index (χ4v) is 4.59. The van der Waals surface area contributed by atoms with Crippen molar-refractivity contribution in [3.63, 3.8) is 0 Å². The zero-order valence-corrected chi connectivity index (χ0v) is 16.3. The van der Waals surface area contributed by atoms with Crippen molar-refractivity contribution in [1.82, 2.24) is 4.98 Å². The van der Waals surface area contributed by atoms with E-state index in [1.807, 2.05) is 54.8 Å². The van der Waals surface area contributed by atoms with Gasteiger partial charge in [0.15, 0.2) is 15.8 Å². The lowest BCUT2D eigenvalue weighted by molar-refractivity contribution is -0.115. The molecular weight excluding hydrogens is 380 g/mol. The van der Waals surface area contributed by atoms with Gasteiger partial charge in [-0.25, -0.2) is 4.98 Å². The van der Waals surface area contributed by atoms with E-state index in [2.05, 4.69) is 10.3 Å². The molecular formula is C20H18N2O3S2. The van der Waals surface area contributed by atoms with E-state index in [9.17, 15) is 4.79 Å². The number of hydrogen-bond acceptors (Lipinski definition) is 6. The number of carbonyl (C=O) groups is 1. The molecule has 1 atom stereocenters. The first-order valence-electron chi connectivity index (χ1n) is 8.57. The zero-order chi connectivity index (χ0) is 18.6. The fourth-order valence-electron chi connectivity index (χ4n) is 2.62. The van der Waals surface area contributed by atoms with Crippen LogP contribution in [0.3, 0.4) is 0 Å². The lowest BCUT2D eigenvalue weighted by Crippen LogP contribution is -2.22. The van der Waals surface area contributed by atoms with Crippen LogP contribution in [0.1, 0.15) is 6.92 Å². The van der Waals surface area contributed by atoms with Crippen LogP contribution in [-0.2, 0) is 4.79 Å². The van der Waals surface area contributed by atoms with Gasteiger partial charge in [0.1, 0.15) is 13.2 Å². The topological polar surface area (TPSA) is 60.5 Å². The van der Waals surface area contributed by atoms with Gasteiger partial charge in [-0.05, 0) is 19.1 Å². The predicted octanol–water partition coefficient (Wildman–Crippen LogP) is 4.70. The Bertz CT molecular complexity index is 943. The summed E-state index contributed by atoms with van der Waals surface area (Å²) in [5, 5.41) is 4.68. The average Bonchev–Trinajstić information content (AvgIpc) is 3.17. The number of ether oxygens (including phenoxy) is 2. The average molecular weight is 399 g/mol. The van der Waals surface area contributed by atoms with Crippen LogP contribution in [0, 0.1) is 0 Å². The van der Waals surface area contributed by atoms with Gasteiger partial charge >= 0.3 is 0 Å². The standard InChI is InChI=1S/C20H18N2O3S2/c1-13(27-20-22-16(12-26-20)14-5-3-2-4-6-14)19(23)21-15-7-8-17-18(11-15)25-10-9-24-17/h2-8,11-13H,9-10H2,1H3,(H,21,23). The van der Waals surface area contributed by atoms with Crippen LogP contribution in [0.2, 0.25) is 0 Å². The van der Waals surface area contributed by atoms with Crippen LogP contribution < -0.4 is 14.8 Å². The Morgan fingerprint density at radius 3 is 2.74 bits per heavy atom. The summed E-state index contributed by atoms with van der Waals surface area (Å²) < 4.78 is 11.9. The van der Waals surface area contributed by atoms with Gasteiger partial charge in [-0.3, -0.25) is 4.79 Å². The molecule has 0 aliphatic carbocycles. The summed E-state index contributed by atoms with van der Waals surface area (Å²) in [6.45, 7) is 2.94. The number of hydrogen-bond donors (Lipinski definition) is 1. The SMILES string of the molecule is CC(Sc1nc(-c2ccccc2)cs1)C(=O)Nc1ccc2c(c1)OCCO2. The molecule has 1 aliphatic rings. The van der Waals surface area contributed by atoms with Crippen molar-refractivity contribution in [1.29, 1.82) is 0 Å². The quantitative estimate of drug-likeness (QED) is 0.631. The van der Waals surface area contributed by atoms with Crippen LogP contribution in [0.25, 0.3) is 11.3 Å². The van der Waals surface area contributed by atoms with Crippen molar-refractivity contribution in [2.75, 3.05) is 18.5 Å². The van der Waals surface area contributed by atoms with Gasteiger partial charge in [-0.1, -0.05) is 42.1 Å². The molecule has 0 radical (unpaired) electrons. The second-order valence-corrected chi connectivity index (χ2v) is 8.42. The second kappa shape index (κ2) is 8.02. The Hall–Kier alpha value is -2.51. The first-order chi connectivity index (χ1) is 13.2. The highest BCUT2D eigenvalue weighted by Crippen LogP contribution is 2.34. The second-order valence-electron chi connectivity index (χ2n) is 5.97. The molecule has 0 spiro atoms. The number of amides is 1.